The van der Waals surface area contributed by atoms with Crippen molar-refractivity contribution in [2.45, 2.75) is 19.5 Å². The van der Waals surface area contributed by atoms with Gasteiger partial charge in [-0.2, -0.15) is 0 Å². The first-order valence-electron chi connectivity index (χ1n) is 6.71. The lowest BCUT2D eigenvalue weighted by Gasteiger charge is -2.20. The van der Waals surface area contributed by atoms with Crippen molar-refractivity contribution in [1.82, 2.24) is 24.8 Å². The lowest BCUT2D eigenvalue weighted by molar-refractivity contribution is 0.244. The summed E-state index contributed by atoms with van der Waals surface area (Å²) in [6, 6.07) is 0. The monoisotopic (exact) mass is 277 g/mol. The van der Waals surface area contributed by atoms with Gasteiger partial charge in [-0.15, -0.1) is 11.3 Å². The van der Waals surface area contributed by atoms with Crippen LogP contribution < -0.4 is 0 Å². The molecule has 1 aliphatic rings. The Labute approximate surface area is 117 Å². The predicted molar refractivity (Wildman–Crippen MR) is 75.9 cm³/mol. The third-order valence-electron chi connectivity index (χ3n) is 3.45. The second-order valence-corrected chi connectivity index (χ2v) is 5.85. The van der Waals surface area contributed by atoms with Crippen LogP contribution in [0.3, 0.4) is 0 Å². The molecule has 102 valence electrons. The molecule has 1 N–H and O–H groups in total. The maximum absolute atomic E-state index is 4.37. The van der Waals surface area contributed by atoms with Crippen molar-refractivity contribution >= 4 is 11.3 Å². The molecule has 1 fully saturated rings. The molecule has 0 spiro atoms. The highest BCUT2D eigenvalue weighted by atomic mass is 32.1. The van der Waals surface area contributed by atoms with Gasteiger partial charge in [-0.25, -0.2) is 9.97 Å². The van der Waals surface area contributed by atoms with E-state index in [4.69, 9.17) is 0 Å². The van der Waals surface area contributed by atoms with Gasteiger partial charge in [0, 0.05) is 37.1 Å². The van der Waals surface area contributed by atoms with Gasteiger partial charge in [-0.05, 0) is 19.5 Å². The molecular weight excluding hydrogens is 258 g/mol. The van der Waals surface area contributed by atoms with Crippen LogP contribution in [0.1, 0.15) is 17.3 Å². The van der Waals surface area contributed by atoms with Crippen LogP contribution in [0.2, 0.25) is 0 Å². The van der Waals surface area contributed by atoms with Gasteiger partial charge in [0.25, 0.3) is 0 Å². The molecule has 0 amide bonds. The molecule has 2 aromatic rings. The van der Waals surface area contributed by atoms with Gasteiger partial charge in [0.05, 0.1) is 13.1 Å². The summed E-state index contributed by atoms with van der Waals surface area (Å²) in [5.41, 5.74) is 0. The summed E-state index contributed by atoms with van der Waals surface area (Å²) >= 11 is 1.75. The van der Waals surface area contributed by atoms with Crippen LogP contribution in [0, 0.1) is 0 Å². The number of rotatable bonds is 4. The van der Waals surface area contributed by atoms with E-state index in [1.165, 1.54) is 11.4 Å². The van der Waals surface area contributed by atoms with Gasteiger partial charge in [0.15, 0.2) is 0 Å². The summed E-state index contributed by atoms with van der Waals surface area (Å²) in [7, 11) is 0. The smallest absolute Gasteiger partial charge is 0.120 e. The molecule has 1 saturated heterocycles. The largest absolute Gasteiger partial charge is 0.348 e. The maximum atomic E-state index is 4.37. The molecule has 6 heteroatoms. The fraction of sp³-hybridized carbons (Fsp3) is 0.538. The number of aromatic nitrogens is 3. The van der Waals surface area contributed by atoms with Crippen molar-refractivity contribution in [3.63, 3.8) is 0 Å². The van der Waals surface area contributed by atoms with E-state index in [1.54, 1.807) is 11.3 Å². The number of imidazole rings is 1. The minimum atomic E-state index is 0.929. The molecular formula is C13H19N5S. The van der Waals surface area contributed by atoms with Crippen LogP contribution in [-0.4, -0.2) is 50.9 Å². The van der Waals surface area contributed by atoms with Gasteiger partial charge >= 0.3 is 0 Å². The summed E-state index contributed by atoms with van der Waals surface area (Å²) in [5.74, 6) is 1.06. The van der Waals surface area contributed by atoms with Crippen molar-refractivity contribution in [1.29, 1.82) is 0 Å². The third kappa shape index (κ3) is 3.62. The summed E-state index contributed by atoms with van der Waals surface area (Å²) in [5, 5.41) is 3.27. The SMILES string of the molecule is c1c[nH]c(CN2CCCN(Cc3nccs3)CC2)n1. The molecule has 5 nitrogen and oxygen atoms in total. The quantitative estimate of drug-likeness (QED) is 0.921. The van der Waals surface area contributed by atoms with Crippen molar-refractivity contribution in [3.8, 4) is 0 Å². The van der Waals surface area contributed by atoms with Gasteiger partial charge in [-0.1, -0.05) is 0 Å². The Hall–Kier alpha value is -1.24. The van der Waals surface area contributed by atoms with Crippen molar-refractivity contribution in [2.75, 3.05) is 26.2 Å². The zero-order valence-corrected chi connectivity index (χ0v) is 11.8. The van der Waals surface area contributed by atoms with Crippen LogP contribution >= 0.6 is 11.3 Å². The fourth-order valence-corrected chi connectivity index (χ4v) is 3.12. The predicted octanol–water partition coefficient (Wildman–Crippen LogP) is 1.57. The highest BCUT2D eigenvalue weighted by Crippen LogP contribution is 2.12. The molecule has 3 rings (SSSR count). The zero-order chi connectivity index (χ0) is 12.9. The van der Waals surface area contributed by atoms with Crippen LogP contribution in [-0.2, 0) is 13.1 Å². The van der Waals surface area contributed by atoms with Crippen LogP contribution in [0.5, 0.6) is 0 Å². The highest BCUT2D eigenvalue weighted by Gasteiger charge is 2.16. The van der Waals surface area contributed by atoms with Crippen LogP contribution in [0.15, 0.2) is 24.0 Å². The molecule has 0 bridgehead atoms. The summed E-state index contributed by atoms with van der Waals surface area (Å²) < 4.78 is 0. The Bertz CT molecular complexity index is 423. The number of aromatic amines is 1. The van der Waals surface area contributed by atoms with E-state index in [9.17, 15) is 0 Å². The summed E-state index contributed by atoms with van der Waals surface area (Å²) in [4.78, 5) is 16.8. The van der Waals surface area contributed by atoms with Crippen molar-refractivity contribution in [2.24, 2.45) is 0 Å². The topological polar surface area (TPSA) is 48.1 Å². The number of hydrogen-bond donors (Lipinski definition) is 1. The van der Waals surface area contributed by atoms with Gasteiger partial charge in [0.1, 0.15) is 10.8 Å². The van der Waals surface area contributed by atoms with Crippen LogP contribution in [0.25, 0.3) is 0 Å². The minimum Gasteiger partial charge on any atom is -0.348 e. The Balaban J connectivity index is 1.51. The Morgan fingerprint density at radius 2 is 1.89 bits per heavy atom. The molecule has 0 radical (unpaired) electrons. The van der Waals surface area contributed by atoms with Gasteiger partial charge in [-0.3, -0.25) is 9.80 Å². The Morgan fingerprint density at radius 3 is 2.58 bits per heavy atom. The first-order chi connectivity index (χ1) is 9.40. The average Bonchev–Trinajstić information content (AvgIpc) is 3.04. The average molecular weight is 277 g/mol. The minimum absolute atomic E-state index is 0.929. The number of thiazole rings is 1. The molecule has 0 saturated carbocycles. The van der Waals surface area contributed by atoms with Crippen molar-refractivity contribution < 1.29 is 0 Å². The lowest BCUT2D eigenvalue weighted by atomic mass is 10.4. The molecule has 0 unspecified atom stereocenters. The van der Waals surface area contributed by atoms with E-state index in [-0.39, 0.29) is 0 Å². The molecule has 19 heavy (non-hydrogen) atoms. The van der Waals surface area contributed by atoms with E-state index in [0.29, 0.717) is 0 Å². The number of hydrogen-bond acceptors (Lipinski definition) is 5. The van der Waals surface area contributed by atoms with E-state index < -0.39 is 0 Å². The second kappa shape index (κ2) is 6.27. The fourth-order valence-electron chi connectivity index (χ4n) is 2.46. The van der Waals surface area contributed by atoms with Crippen molar-refractivity contribution in [3.05, 3.63) is 34.8 Å². The van der Waals surface area contributed by atoms with E-state index in [1.807, 2.05) is 18.6 Å². The number of H-pyrrole nitrogens is 1. The van der Waals surface area contributed by atoms with Crippen LogP contribution in [0.4, 0.5) is 0 Å². The van der Waals surface area contributed by atoms with E-state index in [2.05, 4.69) is 30.1 Å². The zero-order valence-electron chi connectivity index (χ0n) is 11.0. The van der Waals surface area contributed by atoms with Gasteiger partial charge < -0.3 is 4.98 Å². The normalized spacial score (nSPS) is 18.5. The number of nitrogens with one attached hydrogen (secondary N) is 1. The Kier molecular flexibility index (Phi) is 4.22. The molecule has 2 aromatic heterocycles. The number of nitrogens with zero attached hydrogens (tertiary/aromatic N) is 4. The maximum Gasteiger partial charge on any atom is 0.120 e. The van der Waals surface area contributed by atoms with E-state index >= 15 is 0 Å². The first kappa shape index (κ1) is 12.8. The highest BCUT2D eigenvalue weighted by molar-refractivity contribution is 7.09. The lowest BCUT2D eigenvalue weighted by Crippen LogP contribution is -2.30. The molecule has 1 aliphatic heterocycles. The molecule has 0 atom stereocenters. The standard InChI is InChI=1S/C13H19N5S/c1-5-17(10-12-14-2-3-15-12)7-8-18(6-1)11-13-16-4-9-19-13/h2-4,9H,1,5-8,10-11H2,(H,14,15). The van der Waals surface area contributed by atoms with Gasteiger partial charge in [0.2, 0.25) is 0 Å². The molecule has 0 aliphatic carbocycles. The molecule has 3 heterocycles. The first-order valence-corrected chi connectivity index (χ1v) is 7.59. The summed E-state index contributed by atoms with van der Waals surface area (Å²) in [6.07, 6.45) is 6.82. The molecule has 0 aromatic carbocycles. The Morgan fingerprint density at radius 1 is 1.05 bits per heavy atom. The second-order valence-electron chi connectivity index (χ2n) is 4.87. The third-order valence-corrected chi connectivity index (χ3v) is 4.22. The van der Waals surface area contributed by atoms with E-state index in [0.717, 1.165) is 45.1 Å². The summed E-state index contributed by atoms with van der Waals surface area (Å²) in [6.45, 7) is 6.44.